The van der Waals surface area contributed by atoms with Crippen molar-refractivity contribution in [1.29, 1.82) is 0 Å². The lowest BCUT2D eigenvalue weighted by molar-refractivity contribution is 0.606. The Bertz CT molecular complexity index is 409. The molecule has 0 aliphatic heterocycles. The summed E-state index contributed by atoms with van der Waals surface area (Å²) in [5.74, 6) is 7.38. The molecule has 0 radical (unpaired) electrons. The highest BCUT2D eigenvalue weighted by molar-refractivity contribution is 9.10. The van der Waals surface area contributed by atoms with Crippen LogP contribution in [0.2, 0.25) is 0 Å². The third-order valence-electron chi connectivity index (χ3n) is 3.06. The van der Waals surface area contributed by atoms with Crippen molar-refractivity contribution in [3.05, 3.63) is 33.8 Å². The van der Waals surface area contributed by atoms with Gasteiger partial charge in [-0.15, -0.1) is 5.92 Å². The molecule has 0 aromatic heterocycles. The topological polar surface area (TPSA) is 0 Å². The summed E-state index contributed by atoms with van der Waals surface area (Å²) < 4.78 is 1.19. The Kier molecular flexibility index (Phi) is 5.09. The van der Waals surface area contributed by atoms with E-state index in [1.165, 1.54) is 15.6 Å². The van der Waals surface area contributed by atoms with Gasteiger partial charge in [0.1, 0.15) is 0 Å². The third kappa shape index (κ3) is 3.12. The van der Waals surface area contributed by atoms with Crippen molar-refractivity contribution in [2.24, 2.45) is 5.92 Å². The Morgan fingerprint density at radius 3 is 2.62 bits per heavy atom. The Labute approximate surface area is 108 Å². The molecule has 86 valence electrons. The average Bonchev–Trinajstić information content (AvgIpc) is 2.28. The minimum atomic E-state index is 0.410. The lowest BCUT2D eigenvalue weighted by atomic mass is 9.87. The highest BCUT2D eigenvalue weighted by Gasteiger charge is 2.15. The standard InChI is InChI=1S/C15H19Br/c1-5-6-8-11(2)12(3)14-9-7-10-15(16)13(14)4/h7,9-12H,5H2,1-4H3. The van der Waals surface area contributed by atoms with Crippen LogP contribution in [0.1, 0.15) is 44.2 Å². The molecular formula is C15H19Br. The highest BCUT2D eigenvalue weighted by Crippen LogP contribution is 2.30. The fourth-order valence-corrected chi connectivity index (χ4v) is 2.16. The van der Waals surface area contributed by atoms with Crippen LogP contribution < -0.4 is 0 Å². The van der Waals surface area contributed by atoms with Gasteiger partial charge in [0.2, 0.25) is 0 Å². The Morgan fingerprint density at radius 1 is 1.31 bits per heavy atom. The Morgan fingerprint density at radius 2 is 2.00 bits per heavy atom. The zero-order chi connectivity index (χ0) is 12.1. The predicted octanol–water partition coefficient (Wildman–Crippen LogP) is 4.91. The van der Waals surface area contributed by atoms with Crippen LogP contribution in [0, 0.1) is 24.7 Å². The summed E-state index contributed by atoms with van der Waals surface area (Å²) in [5, 5.41) is 0. The highest BCUT2D eigenvalue weighted by atomic mass is 79.9. The van der Waals surface area contributed by atoms with Crippen molar-refractivity contribution >= 4 is 15.9 Å². The van der Waals surface area contributed by atoms with Crippen LogP contribution in [0.4, 0.5) is 0 Å². The van der Waals surface area contributed by atoms with Crippen molar-refractivity contribution in [1.82, 2.24) is 0 Å². The summed E-state index contributed by atoms with van der Waals surface area (Å²) in [6.07, 6.45) is 0.939. The van der Waals surface area contributed by atoms with Crippen molar-refractivity contribution in [3.8, 4) is 11.8 Å². The molecule has 1 rings (SSSR count). The van der Waals surface area contributed by atoms with Crippen LogP contribution in [-0.4, -0.2) is 0 Å². The van der Waals surface area contributed by atoms with Crippen LogP contribution in [0.5, 0.6) is 0 Å². The first-order chi connectivity index (χ1) is 7.57. The quantitative estimate of drug-likeness (QED) is 0.675. The van der Waals surface area contributed by atoms with Gasteiger partial charge in [0.15, 0.2) is 0 Å². The van der Waals surface area contributed by atoms with Gasteiger partial charge < -0.3 is 0 Å². The first-order valence-electron chi connectivity index (χ1n) is 5.81. The van der Waals surface area contributed by atoms with Crippen LogP contribution >= 0.6 is 15.9 Å². The molecule has 1 aromatic rings. The lowest BCUT2D eigenvalue weighted by Gasteiger charge is -2.18. The molecule has 0 nitrogen and oxygen atoms in total. The fourth-order valence-electron chi connectivity index (χ4n) is 1.77. The summed E-state index contributed by atoms with van der Waals surface area (Å²) in [6.45, 7) is 8.71. The zero-order valence-corrected chi connectivity index (χ0v) is 12.1. The van der Waals surface area contributed by atoms with Crippen LogP contribution in [0.25, 0.3) is 0 Å². The number of rotatable bonds is 2. The molecule has 0 aliphatic carbocycles. The van der Waals surface area contributed by atoms with Gasteiger partial charge >= 0.3 is 0 Å². The van der Waals surface area contributed by atoms with Crippen molar-refractivity contribution in [2.45, 2.75) is 40.0 Å². The molecule has 0 bridgehead atoms. The maximum Gasteiger partial charge on any atom is 0.0240 e. The first kappa shape index (κ1) is 13.3. The molecule has 0 saturated carbocycles. The monoisotopic (exact) mass is 278 g/mol. The predicted molar refractivity (Wildman–Crippen MR) is 74.5 cm³/mol. The maximum atomic E-state index is 3.58. The third-order valence-corrected chi connectivity index (χ3v) is 3.92. The number of halogens is 1. The van der Waals surface area contributed by atoms with Gasteiger partial charge in [-0.05, 0) is 30.0 Å². The number of hydrogen-bond donors (Lipinski definition) is 0. The molecular weight excluding hydrogens is 260 g/mol. The SMILES string of the molecule is CCC#CC(C)C(C)c1cccc(Br)c1C. The Hall–Kier alpha value is -0.740. The summed E-state index contributed by atoms with van der Waals surface area (Å²) in [7, 11) is 0. The van der Waals surface area contributed by atoms with Crippen LogP contribution in [-0.2, 0) is 0 Å². The molecule has 1 aromatic carbocycles. The molecule has 0 heterocycles. The molecule has 16 heavy (non-hydrogen) atoms. The summed E-state index contributed by atoms with van der Waals surface area (Å²) in [6, 6.07) is 6.39. The number of benzene rings is 1. The van der Waals surface area contributed by atoms with E-state index in [0.29, 0.717) is 11.8 Å². The van der Waals surface area contributed by atoms with E-state index in [4.69, 9.17) is 0 Å². The van der Waals surface area contributed by atoms with Crippen LogP contribution in [0.15, 0.2) is 22.7 Å². The van der Waals surface area contributed by atoms with Gasteiger partial charge in [-0.1, -0.05) is 54.8 Å². The second kappa shape index (κ2) is 6.11. The minimum absolute atomic E-state index is 0.410. The van der Waals surface area contributed by atoms with Crippen molar-refractivity contribution < 1.29 is 0 Å². The number of hydrogen-bond acceptors (Lipinski definition) is 0. The largest absolute Gasteiger partial charge is 0.103 e. The lowest BCUT2D eigenvalue weighted by Crippen LogP contribution is -2.06. The van der Waals surface area contributed by atoms with Crippen LogP contribution in [0.3, 0.4) is 0 Å². The van der Waals surface area contributed by atoms with E-state index in [1.54, 1.807) is 0 Å². The molecule has 0 aliphatic rings. The van der Waals surface area contributed by atoms with Gasteiger partial charge in [-0.25, -0.2) is 0 Å². The fraction of sp³-hybridized carbons (Fsp3) is 0.467. The van der Waals surface area contributed by atoms with E-state index < -0.39 is 0 Å². The second-order valence-corrected chi connectivity index (χ2v) is 5.06. The zero-order valence-electron chi connectivity index (χ0n) is 10.5. The van der Waals surface area contributed by atoms with E-state index >= 15 is 0 Å². The maximum absolute atomic E-state index is 3.58. The molecule has 0 fully saturated rings. The van der Waals surface area contributed by atoms with E-state index in [0.717, 1.165) is 6.42 Å². The molecule has 0 amide bonds. The molecule has 1 heteroatoms. The van der Waals surface area contributed by atoms with Crippen molar-refractivity contribution in [3.63, 3.8) is 0 Å². The second-order valence-electron chi connectivity index (χ2n) is 4.21. The minimum Gasteiger partial charge on any atom is -0.103 e. The summed E-state index contributed by atoms with van der Waals surface area (Å²) in [5.41, 5.74) is 2.73. The average molecular weight is 279 g/mol. The van der Waals surface area contributed by atoms with E-state index in [1.807, 2.05) is 0 Å². The molecule has 0 saturated heterocycles. The van der Waals surface area contributed by atoms with E-state index in [-0.39, 0.29) is 0 Å². The summed E-state index contributed by atoms with van der Waals surface area (Å²) >= 11 is 3.58. The van der Waals surface area contributed by atoms with Gasteiger partial charge in [-0.3, -0.25) is 0 Å². The molecule has 2 atom stereocenters. The van der Waals surface area contributed by atoms with Gasteiger partial charge in [0.05, 0.1) is 0 Å². The Balaban J connectivity index is 2.96. The van der Waals surface area contributed by atoms with Gasteiger partial charge in [0.25, 0.3) is 0 Å². The molecule has 2 unspecified atom stereocenters. The first-order valence-corrected chi connectivity index (χ1v) is 6.60. The molecule has 0 N–H and O–H groups in total. The van der Waals surface area contributed by atoms with E-state index in [2.05, 4.69) is 73.7 Å². The van der Waals surface area contributed by atoms with Gasteiger partial charge in [0, 0.05) is 16.8 Å². The molecule has 0 spiro atoms. The summed E-state index contributed by atoms with van der Waals surface area (Å²) in [4.78, 5) is 0. The normalized spacial score (nSPS) is 13.8. The van der Waals surface area contributed by atoms with E-state index in [9.17, 15) is 0 Å². The smallest absolute Gasteiger partial charge is 0.0240 e. The van der Waals surface area contributed by atoms with Crippen molar-refractivity contribution in [2.75, 3.05) is 0 Å². The van der Waals surface area contributed by atoms with Gasteiger partial charge in [-0.2, -0.15) is 0 Å².